The van der Waals surface area contributed by atoms with Crippen LogP contribution in [-0.2, 0) is 17.1 Å². The normalized spacial score (nSPS) is 21.5. The molecule has 0 amide bonds. The molecule has 1 heterocycles. The van der Waals surface area contributed by atoms with Gasteiger partial charge in [0.1, 0.15) is 4.90 Å². The van der Waals surface area contributed by atoms with E-state index in [1.807, 2.05) is 25.2 Å². The molecular weight excluding hydrogens is 322 g/mol. The average Bonchev–Trinajstić information content (AvgIpc) is 2.82. The van der Waals surface area contributed by atoms with Gasteiger partial charge in [-0.2, -0.15) is 9.40 Å². The fourth-order valence-corrected chi connectivity index (χ4v) is 6.93. The van der Waals surface area contributed by atoms with Crippen molar-refractivity contribution in [1.29, 1.82) is 0 Å². The Morgan fingerprint density at radius 1 is 0.917 bits per heavy atom. The Labute approximate surface area is 146 Å². The van der Waals surface area contributed by atoms with Crippen molar-refractivity contribution in [2.24, 2.45) is 7.05 Å². The van der Waals surface area contributed by atoms with E-state index in [1.165, 1.54) is 12.8 Å². The molecule has 1 aromatic rings. The van der Waals surface area contributed by atoms with Gasteiger partial charge in [-0.1, -0.05) is 38.5 Å². The van der Waals surface area contributed by atoms with Gasteiger partial charge in [0.2, 0.25) is 10.0 Å². The number of nitrogens with zero attached hydrogens (tertiary/aromatic N) is 3. The smallest absolute Gasteiger partial charge is 0.247 e. The van der Waals surface area contributed by atoms with Gasteiger partial charge < -0.3 is 0 Å². The van der Waals surface area contributed by atoms with Crippen LogP contribution in [0.15, 0.2) is 4.90 Å². The summed E-state index contributed by atoms with van der Waals surface area (Å²) in [6.45, 7) is 3.69. The van der Waals surface area contributed by atoms with Gasteiger partial charge in [-0.05, 0) is 39.5 Å². The SMILES string of the molecule is Cc1nn(C)c(C)c1S(=O)(=O)N(C1CCCCC1)C1CCCCC1. The van der Waals surface area contributed by atoms with Crippen molar-refractivity contribution in [3.8, 4) is 0 Å². The molecule has 2 aliphatic carbocycles. The molecule has 0 aromatic carbocycles. The molecule has 24 heavy (non-hydrogen) atoms. The topological polar surface area (TPSA) is 55.2 Å². The van der Waals surface area contributed by atoms with Crippen LogP contribution in [0.1, 0.15) is 75.6 Å². The molecule has 0 bridgehead atoms. The summed E-state index contributed by atoms with van der Waals surface area (Å²) >= 11 is 0. The average molecular weight is 354 g/mol. The molecule has 2 aliphatic rings. The molecule has 0 N–H and O–H groups in total. The predicted octanol–water partition coefficient (Wildman–Crippen LogP) is 3.69. The van der Waals surface area contributed by atoms with Gasteiger partial charge >= 0.3 is 0 Å². The maximum atomic E-state index is 13.7. The summed E-state index contributed by atoms with van der Waals surface area (Å²) in [6, 6.07) is 0.344. The lowest BCUT2D eigenvalue weighted by Gasteiger charge is -2.40. The van der Waals surface area contributed by atoms with Crippen molar-refractivity contribution < 1.29 is 8.42 Å². The quantitative estimate of drug-likeness (QED) is 0.829. The molecule has 6 heteroatoms. The summed E-state index contributed by atoms with van der Waals surface area (Å²) in [5, 5.41) is 4.36. The van der Waals surface area contributed by atoms with Crippen LogP contribution < -0.4 is 0 Å². The second kappa shape index (κ2) is 7.16. The number of sulfonamides is 1. The zero-order valence-electron chi connectivity index (χ0n) is 15.3. The fourth-order valence-electron chi connectivity index (χ4n) is 4.59. The highest BCUT2D eigenvalue weighted by atomic mass is 32.2. The highest BCUT2D eigenvalue weighted by molar-refractivity contribution is 7.89. The first-order valence-corrected chi connectivity index (χ1v) is 10.9. The Balaban J connectivity index is 2.02. The lowest BCUT2D eigenvalue weighted by Crippen LogP contribution is -2.48. The summed E-state index contributed by atoms with van der Waals surface area (Å²) in [4.78, 5) is 0.446. The number of rotatable bonds is 4. The first-order valence-electron chi connectivity index (χ1n) is 9.46. The highest BCUT2D eigenvalue weighted by Gasteiger charge is 2.40. The summed E-state index contributed by atoms with van der Waals surface area (Å²) in [5.41, 5.74) is 1.38. The third-order valence-corrected chi connectivity index (χ3v) is 8.11. The van der Waals surface area contributed by atoms with E-state index in [4.69, 9.17) is 0 Å². The zero-order valence-corrected chi connectivity index (χ0v) is 16.1. The fraction of sp³-hybridized carbons (Fsp3) is 0.833. The molecule has 5 nitrogen and oxygen atoms in total. The molecule has 3 rings (SSSR count). The third kappa shape index (κ3) is 3.27. The van der Waals surface area contributed by atoms with Crippen LogP contribution >= 0.6 is 0 Å². The summed E-state index contributed by atoms with van der Waals surface area (Å²) < 4.78 is 30.9. The summed E-state index contributed by atoms with van der Waals surface area (Å²) in [7, 11) is -1.66. The van der Waals surface area contributed by atoms with Gasteiger partial charge in [0.25, 0.3) is 0 Å². The Hall–Kier alpha value is -0.880. The largest absolute Gasteiger partial charge is 0.271 e. The standard InChI is InChI=1S/C18H31N3O2S/c1-14-18(15(2)20(3)19-14)24(22,23)21(16-10-6-4-7-11-16)17-12-8-5-9-13-17/h16-17H,4-13H2,1-3H3. The molecule has 136 valence electrons. The maximum Gasteiger partial charge on any atom is 0.247 e. The Kier molecular flexibility index (Phi) is 5.35. The molecule has 1 aromatic heterocycles. The van der Waals surface area contributed by atoms with Crippen molar-refractivity contribution >= 4 is 10.0 Å². The minimum absolute atomic E-state index is 0.172. The molecule has 0 unspecified atom stereocenters. The molecule has 2 saturated carbocycles. The lowest BCUT2D eigenvalue weighted by molar-refractivity contribution is 0.169. The Morgan fingerprint density at radius 2 is 1.38 bits per heavy atom. The number of hydrogen-bond acceptors (Lipinski definition) is 3. The summed E-state index contributed by atoms with van der Waals surface area (Å²) in [5.74, 6) is 0. The van der Waals surface area contributed by atoms with Gasteiger partial charge in [-0.25, -0.2) is 8.42 Å². The van der Waals surface area contributed by atoms with E-state index in [0.29, 0.717) is 10.6 Å². The number of aromatic nitrogens is 2. The Bertz CT molecular complexity index is 651. The first-order chi connectivity index (χ1) is 11.4. The van der Waals surface area contributed by atoms with Crippen molar-refractivity contribution in [3.05, 3.63) is 11.4 Å². The molecule has 0 radical (unpaired) electrons. The van der Waals surface area contributed by atoms with E-state index in [0.717, 1.165) is 57.1 Å². The van der Waals surface area contributed by atoms with Crippen molar-refractivity contribution in [1.82, 2.24) is 14.1 Å². The van der Waals surface area contributed by atoms with E-state index >= 15 is 0 Å². The molecule has 0 saturated heterocycles. The minimum atomic E-state index is -3.49. The van der Waals surface area contributed by atoms with E-state index in [2.05, 4.69) is 5.10 Å². The van der Waals surface area contributed by atoms with Gasteiger partial charge in [-0.3, -0.25) is 4.68 Å². The van der Waals surface area contributed by atoms with Crippen LogP contribution in [0.2, 0.25) is 0 Å². The number of aryl methyl sites for hydroxylation is 2. The molecule has 2 fully saturated rings. The van der Waals surface area contributed by atoms with Crippen LogP contribution in [0, 0.1) is 13.8 Å². The second-order valence-electron chi connectivity index (χ2n) is 7.54. The Morgan fingerprint density at radius 3 is 1.75 bits per heavy atom. The minimum Gasteiger partial charge on any atom is -0.271 e. The van der Waals surface area contributed by atoms with E-state index < -0.39 is 10.0 Å². The molecular formula is C18H31N3O2S. The van der Waals surface area contributed by atoms with E-state index in [9.17, 15) is 8.42 Å². The van der Waals surface area contributed by atoms with Crippen LogP contribution in [0.25, 0.3) is 0 Å². The summed E-state index contributed by atoms with van der Waals surface area (Å²) in [6.07, 6.45) is 11.1. The monoisotopic (exact) mass is 353 g/mol. The maximum absolute atomic E-state index is 13.7. The van der Waals surface area contributed by atoms with Crippen molar-refractivity contribution in [3.63, 3.8) is 0 Å². The predicted molar refractivity (Wildman–Crippen MR) is 95.5 cm³/mol. The van der Waals surface area contributed by atoms with Gasteiger partial charge in [0.05, 0.1) is 11.4 Å². The van der Waals surface area contributed by atoms with E-state index in [1.54, 1.807) is 4.68 Å². The van der Waals surface area contributed by atoms with Crippen molar-refractivity contribution in [2.45, 2.75) is 95.0 Å². The highest BCUT2D eigenvalue weighted by Crippen LogP contribution is 2.36. The van der Waals surface area contributed by atoms with Gasteiger partial charge in [0.15, 0.2) is 0 Å². The first kappa shape index (κ1) is 17.9. The van der Waals surface area contributed by atoms with Crippen LogP contribution in [0.5, 0.6) is 0 Å². The third-order valence-electron chi connectivity index (χ3n) is 5.85. The number of hydrogen-bond donors (Lipinski definition) is 0. The van der Waals surface area contributed by atoms with Crippen LogP contribution in [-0.4, -0.2) is 34.6 Å². The van der Waals surface area contributed by atoms with Crippen LogP contribution in [0.3, 0.4) is 0 Å². The zero-order chi connectivity index (χ0) is 17.3. The molecule has 0 spiro atoms. The second-order valence-corrected chi connectivity index (χ2v) is 9.32. The van der Waals surface area contributed by atoms with Crippen LogP contribution in [0.4, 0.5) is 0 Å². The molecule has 0 aliphatic heterocycles. The van der Waals surface area contributed by atoms with Crippen molar-refractivity contribution in [2.75, 3.05) is 0 Å². The lowest BCUT2D eigenvalue weighted by atomic mass is 9.91. The van der Waals surface area contributed by atoms with E-state index in [-0.39, 0.29) is 12.1 Å². The van der Waals surface area contributed by atoms with Gasteiger partial charge in [-0.15, -0.1) is 0 Å². The molecule has 0 atom stereocenters. The van der Waals surface area contributed by atoms with Gasteiger partial charge in [0, 0.05) is 19.1 Å².